The summed E-state index contributed by atoms with van der Waals surface area (Å²) in [5, 5.41) is 2.83. The molecule has 116 valence electrons. The van der Waals surface area contributed by atoms with E-state index in [0.29, 0.717) is 30.2 Å². The van der Waals surface area contributed by atoms with E-state index in [1.807, 2.05) is 6.92 Å². The number of ketones is 1. The van der Waals surface area contributed by atoms with Crippen LogP contribution in [-0.2, 0) is 4.79 Å². The zero-order valence-electron chi connectivity index (χ0n) is 13.1. The van der Waals surface area contributed by atoms with Crippen molar-refractivity contribution in [3.63, 3.8) is 0 Å². The maximum atomic E-state index is 11.6. The first kappa shape index (κ1) is 17.2. The molecule has 4 nitrogen and oxygen atoms in total. The SMILES string of the molecule is CCC(=O)c1ccc(OCC(=O)NCCCC(C)C)cc1. The average Bonchev–Trinajstić information content (AvgIpc) is 2.49. The largest absolute Gasteiger partial charge is 0.484 e. The number of nitrogens with one attached hydrogen (secondary N) is 1. The highest BCUT2D eigenvalue weighted by atomic mass is 16.5. The van der Waals surface area contributed by atoms with E-state index in [9.17, 15) is 9.59 Å². The van der Waals surface area contributed by atoms with Gasteiger partial charge in [0.2, 0.25) is 0 Å². The molecule has 1 rings (SSSR count). The van der Waals surface area contributed by atoms with Crippen LogP contribution in [0.15, 0.2) is 24.3 Å². The fourth-order valence-corrected chi connectivity index (χ4v) is 1.88. The average molecular weight is 291 g/mol. The minimum atomic E-state index is -0.118. The van der Waals surface area contributed by atoms with Gasteiger partial charge in [-0.15, -0.1) is 0 Å². The fourth-order valence-electron chi connectivity index (χ4n) is 1.88. The van der Waals surface area contributed by atoms with Crippen molar-refractivity contribution in [1.82, 2.24) is 5.32 Å². The van der Waals surface area contributed by atoms with Crippen LogP contribution in [0, 0.1) is 5.92 Å². The molecule has 21 heavy (non-hydrogen) atoms. The number of ether oxygens (including phenoxy) is 1. The molecule has 0 saturated carbocycles. The number of hydrogen-bond acceptors (Lipinski definition) is 3. The van der Waals surface area contributed by atoms with Gasteiger partial charge in [0.1, 0.15) is 5.75 Å². The predicted octanol–water partition coefficient (Wildman–Crippen LogP) is 3.21. The van der Waals surface area contributed by atoms with Gasteiger partial charge >= 0.3 is 0 Å². The number of amides is 1. The smallest absolute Gasteiger partial charge is 0.257 e. The van der Waals surface area contributed by atoms with E-state index in [0.717, 1.165) is 12.8 Å². The molecular formula is C17H25NO3. The first-order valence-corrected chi connectivity index (χ1v) is 7.55. The van der Waals surface area contributed by atoms with E-state index >= 15 is 0 Å². The van der Waals surface area contributed by atoms with E-state index in [2.05, 4.69) is 19.2 Å². The van der Waals surface area contributed by atoms with Gasteiger partial charge in [0.05, 0.1) is 0 Å². The molecule has 1 aromatic carbocycles. The molecule has 1 amide bonds. The monoisotopic (exact) mass is 291 g/mol. The quantitative estimate of drug-likeness (QED) is 0.561. The van der Waals surface area contributed by atoms with Crippen molar-refractivity contribution < 1.29 is 14.3 Å². The van der Waals surface area contributed by atoms with Crippen LogP contribution in [0.4, 0.5) is 0 Å². The molecule has 0 aliphatic heterocycles. The van der Waals surface area contributed by atoms with Crippen LogP contribution >= 0.6 is 0 Å². The lowest BCUT2D eigenvalue weighted by atomic mass is 10.1. The summed E-state index contributed by atoms with van der Waals surface area (Å²) in [6, 6.07) is 6.88. The van der Waals surface area contributed by atoms with E-state index in [1.54, 1.807) is 24.3 Å². The molecular weight excluding hydrogens is 266 g/mol. The molecule has 1 N–H and O–H groups in total. The molecule has 0 atom stereocenters. The Kier molecular flexibility index (Phi) is 7.51. The number of rotatable bonds is 9. The molecule has 0 aliphatic rings. The van der Waals surface area contributed by atoms with Gasteiger partial charge in [0.25, 0.3) is 5.91 Å². The summed E-state index contributed by atoms with van der Waals surface area (Å²) in [7, 11) is 0. The second kappa shape index (κ2) is 9.16. The van der Waals surface area contributed by atoms with E-state index in [1.165, 1.54) is 0 Å². The molecule has 0 bridgehead atoms. The molecule has 0 saturated heterocycles. The first-order valence-electron chi connectivity index (χ1n) is 7.55. The third kappa shape index (κ3) is 6.93. The highest BCUT2D eigenvalue weighted by molar-refractivity contribution is 5.95. The molecule has 0 unspecified atom stereocenters. The van der Waals surface area contributed by atoms with Crippen molar-refractivity contribution in [2.45, 2.75) is 40.0 Å². The van der Waals surface area contributed by atoms with Gasteiger partial charge in [-0.05, 0) is 43.0 Å². The Morgan fingerprint density at radius 1 is 1.19 bits per heavy atom. The van der Waals surface area contributed by atoms with E-state index < -0.39 is 0 Å². The molecule has 0 fully saturated rings. The summed E-state index contributed by atoms with van der Waals surface area (Å²) in [5.74, 6) is 1.24. The molecule has 0 heterocycles. The van der Waals surface area contributed by atoms with Gasteiger partial charge in [-0.1, -0.05) is 20.8 Å². The van der Waals surface area contributed by atoms with Gasteiger partial charge in [0, 0.05) is 18.5 Å². The Hall–Kier alpha value is -1.84. The standard InChI is InChI=1S/C17H25NO3/c1-4-16(19)14-7-9-15(10-8-14)21-12-17(20)18-11-5-6-13(2)3/h7-10,13H,4-6,11-12H2,1-3H3,(H,18,20). The molecule has 0 aliphatic carbocycles. The third-order valence-electron chi connectivity index (χ3n) is 3.15. The Balaban J connectivity index is 2.28. The summed E-state index contributed by atoms with van der Waals surface area (Å²) in [6.45, 7) is 6.85. The van der Waals surface area contributed by atoms with Crippen molar-refractivity contribution in [3.05, 3.63) is 29.8 Å². The van der Waals surface area contributed by atoms with E-state index in [4.69, 9.17) is 4.74 Å². The fraction of sp³-hybridized carbons (Fsp3) is 0.529. The summed E-state index contributed by atoms with van der Waals surface area (Å²) >= 11 is 0. The van der Waals surface area contributed by atoms with Crippen LogP contribution in [0.25, 0.3) is 0 Å². The molecule has 0 radical (unpaired) electrons. The van der Waals surface area contributed by atoms with Gasteiger partial charge in [-0.25, -0.2) is 0 Å². The lowest BCUT2D eigenvalue weighted by Gasteiger charge is -2.08. The highest BCUT2D eigenvalue weighted by Crippen LogP contribution is 2.13. The van der Waals surface area contributed by atoms with Crippen LogP contribution in [0.3, 0.4) is 0 Å². The third-order valence-corrected chi connectivity index (χ3v) is 3.15. The van der Waals surface area contributed by atoms with Crippen LogP contribution in [0.5, 0.6) is 5.75 Å². The lowest BCUT2D eigenvalue weighted by Crippen LogP contribution is -2.29. The predicted molar refractivity (Wildman–Crippen MR) is 83.6 cm³/mol. The molecule has 0 spiro atoms. The summed E-state index contributed by atoms with van der Waals surface area (Å²) in [5.41, 5.74) is 0.669. The number of carbonyl (C=O) groups excluding carboxylic acids is 2. The maximum absolute atomic E-state index is 11.6. The zero-order chi connectivity index (χ0) is 15.7. The van der Waals surface area contributed by atoms with Crippen LogP contribution in [0.1, 0.15) is 50.4 Å². The summed E-state index contributed by atoms with van der Waals surface area (Å²) in [4.78, 5) is 23.1. The second-order valence-electron chi connectivity index (χ2n) is 5.48. The zero-order valence-corrected chi connectivity index (χ0v) is 13.1. The maximum Gasteiger partial charge on any atom is 0.257 e. The Bertz CT molecular complexity index is 452. The normalized spacial score (nSPS) is 10.5. The molecule has 0 aromatic heterocycles. The van der Waals surface area contributed by atoms with Gasteiger partial charge in [-0.2, -0.15) is 0 Å². The summed E-state index contributed by atoms with van der Waals surface area (Å²) < 4.78 is 5.39. The Morgan fingerprint density at radius 2 is 1.86 bits per heavy atom. The molecule has 1 aromatic rings. The lowest BCUT2D eigenvalue weighted by molar-refractivity contribution is -0.123. The number of carbonyl (C=O) groups is 2. The highest BCUT2D eigenvalue weighted by Gasteiger charge is 2.05. The minimum absolute atomic E-state index is 0.00273. The van der Waals surface area contributed by atoms with Crippen molar-refractivity contribution in [2.24, 2.45) is 5.92 Å². The van der Waals surface area contributed by atoms with Crippen molar-refractivity contribution in [2.75, 3.05) is 13.2 Å². The summed E-state index contributed by atoms with van der Waals surface area (Å²) in [6.07, 6.45) is 2.57. The van der Waals surface area contributed by atoms with Gasteiger partial charge in [0.15, 0.2) is 12.4 Å². The topological polar surface area (TPSA) is 55.4 Å². The molecule has 4 heteroatoms. The number of benzene rings is 1. The van der Waals surface area contributed by atoms with E-state index in [-0.39, 0.29) is 18.3 Å². The Labute approximate surface area is 126 Å². The van der Waals surface area contributed by atoms with Crippen LogP contribution < -0.4 is 10.1 Å². The first-order chi connectivity index (χ1) is 10.0. The van der Waals surface area contributed by atoms with Gasteiger partial charge < -0.3 is 10.1 Å². The van der Waals surface area contributed by atoms with Crippen molar-refractivity contribution in [1.29, 1.82) is 0 Å². The van der Waals surface area contributed by atoms with Crippen molar-refractivity contribution >= 4 is 11.7 Å². The number of Topliss-reactive ketones (excluding diaryl/α,β-unsaturated/α-hetero) is 1. The van der Waals surface area contributed by atoms with Crippen LogP contribution in [0.2, 0.25) is 0 Å². The number of hydrogen-bond donors (Lipinski definition) is 1. The van der Waals surface area contributed by atoms with Crippen molar-refractivity contribution in [3.8, 4) is 5.75 Å². The minimum Gasteiger partial charge on any atom is -0.484 e. The Morgan fingerprint density at radius 3 is 2.43 bits per heavy atom. The second-order valence-corrected chi connectivity index (χ2v) is 5.48. The van der Waals surface area contributed by atoms with Gasteiger partial charge in [-0.3, -0.25) is 9.59 Å². The van der Waals surface area contributed by atoms with Crippen LogP contribution in [-0.4, -0.2) is 24.8 Å².